The minimum Gasteiger partial charge on any atom is -0.373 e. The average Bonchev–Trinajstić information content (AvgIpc) is 2.68. The van der Waals surface area contributed by atoms with Crippen LogP contribution < -0.4 is 10.2 Å². The molecule has 1 aliphatic heterocycles. The maximum absolute atomic E-state index is 12.3. The number of nitrogens with zero attached hydrogens (tertiary/aromatic N) is 3. The van der Waals surface area contributed by atoms with Crippen LogP contribution in [0.25, 0.3) is 0 Å². The summed E-state index contributed by atoms with van der Waals surface area (Å²) in [7, 11) is 0. The maximum Gasteiger partial charge on any atom is 0.267 e. The largest absolute Gasteiger partial charge is 0.373 e. The number of anilines is 2. The van der Waals surface area contributed by atoms with Crippen LogP contribution in [0.15, 0.2) is 60.3 Å². The van der Waals surface area contributed by atoms with Gasteiger partial charge in [0.25, 0.3) is 5.91 Å². The fourth-order valence-corrected chi connectivity index (χ4v) is 3.15. The van der Waals surface area contributed by atoms with Crippen LogP contribution in [0.4, 0.5) is 11.4 Å². The molecule has 0 radical (unpaired) electrons. The molecule has 27 heavy (non-hydrogen) atoms. The average molecular weight is 401 g/mol. The number of rotatable bonds is 4. The number of halogens is 2. The van der Waals surface area contributed by atoms with Crippen molar-refractivity contribution in [2.75, 3.05) is 36.4 Å². The number of carbonyl (C=O) groups is 1. The first kappa shape index (κ1) is 19.1. The summed E-state index contributed by atoms with van der Waals surface area (Å²) < 4.78 is 0. The number of piperazine rings is 1. The van der Waals surface area contributed by atoms with Crippen molar-refractivity contribution in [3.05, 3.63) is 70.3 Å². The first-order valence-electron chi connectivity index (χ1n) is 8.48. The quantitative estimate of drug-likeness (QED) is 0.618. The highest BCUT2D eigenvalue weighted by molar-refractivity contribution is 6.31. The van der Waals surface area contributed by atoms with Crippen LogP contribution in [0, 0.1) is 11.3 Å². The Labute approximate surface area is 168 Å². The van der Waals surface area contributed by atoms with Gasteiger partial charge >= 0.3 is 0 Å². The van der Waals surface area contributed by atoms with E-state index in [1.165, 1.54) is 0 Å². The molecular weight excluding hydrogens is 383 g/mol. The Morgan fingerprint density at radius 1 is 1.04 bits per heavy atom. The molecule has 0 atom stereocenters. The zero-order valence-corrected chi connectivity index (χ0v) is 16.0. The summed E-state index contributed by atoms with van der Waals surface area (Å²) in [6.07, 6.45) is 1.63. The lowest BCUT2D eigenvalue weighted by Crippen LogP contribution is -2.44. The van der Waals surface area contributed by atoms with Gasteiger partial charge in [0.1, 0.15) is 11.6 Å². The summed E-state index contributed by atoms with van der Waals surface area (Å²) in [4.78, 5) is 16.6. The van der Waals surface area contributed by atoms with Crippen molar-refractivity contribution in [3.63, 3.8) is 0 Å². The highest BCUT2D eigenvalue weighted by atomic mass is 35.5. The summed E-state index contributed by atoms with van der Waals surface area (Å²) >= 11 is 11.9. The van der Waals surface area contributed by atoms with Gasteiger partial charge < -0.3 is 15.1 Å². The van der Waals surface area contributed by atoms with E-state index >= 15 is 0 Å². The third-order valence-electron chi connectivity index (χ3n) is 4.27. The third kappa shape index (κ3) is 5.16. The highest BCUT2D eigenvalue weighted by Crippen LogP contribution is 2.21. The molecule has 0 aromatic heterocycles. The lowest BCUT2D eigenvalue weighted by Gasteiger charge is -2.35. The van der Waals surface area contributed by atoms with Gasteiger partial charge in [-0.05, 0) is 42.5 Å². The first-order chi connectivity index (χ1) is 13.0. The topological polar surface area (TPSA) is 59.4 Å². The number of amides is 1. The van der Waals surface area contributed by atoms with Gasteiger partial charge in [-0.15, -0.1) is 0 Å². The summed E-state index contributed by atoms with van der Waals surface area (Å²) in [5.74, 6) is -0.433. The van der Waals surface area contributed by atoms with Gasteiger partial charge in [0.15, 0.2) is 0 Å². The molecule has 1 N–H and O–H groups in total. The first-order valence-corrected chi connectivity index (χ1v) is 9.24. The predicted molar refractivity (Wildman–Crippen MR) is 109 cm³/mol. The van der Waals surface area contributed by atoms with E-state index in [2.05, 4.69) is 10.2 Å². The Balaban J connectivity index is 1.60. The van der Waals surface area contributed by atoms with Gasteiger partial charge in [0.2, 0.25) is 0 Å². The minimum absolute atomic E-state index is 0.0705. The second kappa shape index (κ2) is 8.81. The molecule has 2 aromatic carbocycles. The summed E-state index contributed by atoms with van der Waals surface area (Å²) in [6.45, 7) is 3.00. The second-order valence-electron chi connectivity index (χ2n) is 6.12. The molecule has 5 nitrogen and oxygen atoms in total. The maximum atomic E-state index is 12.3. The molecule has 1 amide bonds. The molecule has 3 rings (SSSR count). The van der Waals surface area contributed by atoms with Crippen LogP contribution >= 0.6 is 23.2 Å². The Bertz CT molecular complexity index is 882. The Kier molecular flexibility index (Phi) is 6.23. The number of nitriles is 1. The van der Waals surface area contributed by atoms with Crippen molar-refractivity contribution in [1.82, 2.24) is 4.90 Å². The SMILES string of the molecule is N#C/C(=C/N1CCN(c2cccc(Cl)c2)CC1)C(=O)Nc1ccc(Cl)cc1. The van der Waals surface area contributed by atoms with Crippen molar-refractivity contribution in [1.29, 1.82) is 5.26 Å². The van der Waals surface area contributed by atoms with Crippen LogP contribution in [0.3, 0.4) is 0 Å². The molecule has 2 aromatic rings. The number of hydrogen-bond acceptors (Lipinski definition) is 4. The van der Waals surface area contributed by atoms with Crippen LogP contribution in [0.5, 0.6) is 0 Å². The molecule has 138 valence electrons. The monoisotopic (exact) mass is 400 g/mol. The molecular formula is C20H18Cl2N4O. The minimum atomic E-state index is -0.433. The van der Waals surface area contributed by atoms with Crippen molar-refractivity contribution in [3.8, 4) is 6.07 Å². The number of hydrogen-bond donors (Lipinski definition) is 1. The summed E-state index contributed by atoms with van der Waals surface area (Å²) in [5, 5.41) is 13.4. The molecule has 0 unspecified atom stereocenters. The lowest BCUT2D eigenvalue weighted by atomic mass is 10.2. The lowest BCUT2D eigenvalue weighted by molar-refractivity contribution is -0.112. The van der Waals surface area contributed by atoms with E-state index in [4.69, 9.17) is 23.2 Å². The van der Waals surface area contributed by atoms with Crippen molar-refractivity contribution in [2.45, 2.75) is 0 Å². The van der Waals surface area contributed by atoms with Crippen LogP contribution in [0.2, 0.25) is 10.0 Å². The molecule has 1 fully saturated rings. The van der Waals surface area contributed by atoms with E-state index in [1.54, 1.807) is 30.5 Å². The smallest absolute Gasteiger partial charge is 0.267 e. The molecule has 1 saturated heterocycles. The van der Waals surface area contributed by atoms with Crippen LogP contribution in [0.1, 0.15) is 0 Å². The van der Waals surface area contributed by atoms with Gasteiger partial charge in [-0.1, -0.05) is 29.3 Å². The van der Waals surface area contributed by atoms with Gasteiger partial charge in [-0.25, -0.2) is 0 Å². The van der Waals surface area contributed by atoms with Gasteiger partial charge in [0, 0.05) is 53.8 Å². The van der Waals surface area contributed by atoms with Gasteiger partial charge in [-0.2, -0.15) is 5.26 Å². The molecule has 0 spiro atoms. The van der Waals surface area contributed by atoms with Crippen molar-refractivity contribution in [2.24, 2.45) is 0 Å². The molecule has 7 heteroatoms. The standard InChI is InChI=1S/C20H18Cl2N4O/c21-16-4-6-18(7-5-16)24-20(27)15(13-23)14-25-8-10-26(11-9-25)19-3-1-2-17(22)12-19/h1-7,12,14H,8-11H2,(H,24,27)/b15-14-. The summed E-state index contributed by atoms with van der Waals surface area (Å²) in [5.41, 5.74) is 1.74. The molecule has 1 aliphatic rings. The van der Waals surface area contributed by atoms with E-state index in [0.29, 0.717) is 28.8 Å². The normalized spacial score (nSPS) is 14.6. The zero-order chi connectivity index (χ0) is 19.2. The molecule has 1 heterocycles. The Hall–Kier alpha value is -2.68. The van der Waals surface area contributed by atoms with Crippen LogP contribution in [-0.4, -0.2) is 37.0 Å². The van der Waals surface area contributed by atoms with Crippen LogP contribution in [-0.2, 0) is 4.79 Å². The van der Waals surface area contributed by atoms with E-state index in [0.717, 1.165) is 18.8 Å². The molecule has 0 aliphatic carbocycles. The fourth-order valence-electron chi connectivity index (χ4n) is 2.83. The second-order valence-corrected chi connectivity index (χ2v) is 6.99. The van der Waals surface area contributed by atoms with E-state index in [-0.39, 0.29) is 5.57 Å². The highest BCUT2D eigenvalue weighted by Gasteiger charge is 2.18. The third-order valence-corrected chi connectivity index (χ3v) is 4.75. The fraction of sp³-hybridized carbons (Fsp3) is 0.200. The molecule has 0 bridgehead atoms. The predicted octanol–water partition coefficient (Wildman–Crippen LogP) is 4.16. The number of carbonyl (C=O) groups excluding carboxylic acids is 1. The zero-order valence-electron chi connectivity index (χ0n) is 14.5. The van der Waals surface area contributed by atoms with Crippen molar-refractivity contribution >= 4 is 40.5 Å². The van der Waals surface area contributed by atoms with Crippen molar-refractivity contribution < 1.29 is 4.79 Å². The molecule has 0 saturated carbocycles. The van der Waals surface area contributed by atoms with Gasteiger partial charge in [-0.3, -0.25) is 4.79 Å². The van der Waals surface area contributed by atoms with E-state index < -0.39 is 5.91 Å². The summed E-state index contributed by atoms with van der Waals surface area (Å²) in [6, 6.07) is 16.5. The Morgan fingerprint density at radius 2 is 1.74 bits per heavy atom. The van der Waals surface area contributed by atoms with E-state index in [9.17, 15) is 10.1 Å². The Morgan fingerprint density at radius 3 is 2.37 bits per heavy atom. The van der Waals surface area contributed by atoms with Gasteiger partial charge in [0.05, 0.1) is 0 Å². The van der Waals surface area contributed by atoms with E-state index in [1.807, 2.05) is 35.2 Å². The number of nitrogens with one attached hydrogen (secondary N) is 1. The number of benzene rings is 2.